The first kappa shape index (κ1) is 20.2. The molecular weight excluding hydrogens is 382 g/mol. The minimum Gasteiger partial charge on any atom is -0.507 e. The number of benzene rings is 2. The van der Waals surface area contributed by atoms with Crippen LogP contribution in [0.5, 0.6) is 17.2 Å². The van der Waals surface area contributed by atoms with Crippen molar-refractivity contribution in [1.82, 2.24) is 0 Å². The van der Waals surface area contributed by atoms with E-state index in [0.717, 1.165) is 19.3 Å². The van der Waals surface area contributed by atoms with E-state index in [4.69, 9.17) is 13.9 Å². The zero-order chi connectivity index (χ0) is 20.8. The molecule has 0 saturated heterocycles. The molecule has 0 atom stereocenters. The van der Waals surface area contributed by atoms with Crippen LogP contribution in [-0.2, 0) is 4.84 Å². The van der Waals surface area contributed by atoms with E-state index in [1.54, 1.807) is 24.3 Å². The molecular formula is C20H21NO8. The van der Waals surface area contributed by atoms with Crippen molar-refractivity contribution < 1.29 is 28.9 Å². The number of phenols is 1. The minimum atomic E-state index is -0.798. The maximum absolute atomic E-state index is 12.7. The predicted octanol–water partition coefficient (Wildman–Crippen LogP) is 3.81. The van der Waals surface area contributed by atoms with Crippen molar-refractivity contribution in [1.29, 1.82) is 0 Å². The molecule has 0 aliphatic rings. The lowest BCUT2D eigenvalue weighted by molar-refractivity contribution is -0.757. The first-order valence-electron chi connectivity index (χ1n) is 9.17. The SMILES string of the molecule is COc1ccc2oc3cc(OCCCCCCO[N+](=O)[O-])cc(O)c3c(=O)c2c1. The van der Waals surface area contributed by atoms with Crippen LogP contribution in [0.15, 0.2) is 39.5 Å². The van der Waals surface area contributed by atoms with Crippen LogP contribution >= 0.6 is 0 Å². The Morgan fingerprint density at radius 1 is 1.03 bits per heavy atom. The van der Waals surface area contributed by atoms with Gasteiger partial charge in [0.25, 0.3) is 5.09 Å². The summed E-state index contributed by atoms with van der Waals surface area (Å²) in [6.07, 6.45) is 2.94. The Balaban J connectivity index is 1.67. The number of rotatable bonds is 10. The maximum atomic E-state index is 12.7. The van der Waals surface area contributed by atoms with Crippen LogP contribution in [0.4, 0.5) is 0 Å². The van der Waals surface area contributed by atoms with Gasteiger partial charge < -0.3 is 23.8 Å². The summed E-state index contributed by atoms with van der Waals surface area (Å²) in [5.41, 5.74) is 0.275. The number of aromatic hydroxyl groups is 1. The van der Waals surface area contributed by atoms with E-state index in [0.29, 0.717) is 35.5 Å². The molecule has 3 aromatic rings. The summed E-state index contributed by atoms with van der Waals surface area (Å²) in [7, 11) is 1.51. The second-order valence-electron chi connectivity index (χ2n) is 6.43. The normalized spacial score (nSPS) is 10.9. The number of hydrogen-bond acceptors (Lipinski definition) is 8. The average molecular weight is 403 g/mol. The zero-order valence-corrected chi connectivity index (χ0v) is 15.9. The lowest BCUT2D eigenvalue weighted by atomic mass is 10.1. The van der Waals surface area contributed by atoms with E-state index >= 15 is 0 Å². The van der Waals surface area contributed by atoms with Crippen LogP contribution in [0, 0.1) is 10.1 Å². The van der Waals surface area contributed by atoms with Gasteiger partial charge in [-0.2, -0.15) is 0 Å². The van der Waals surface area contributed by atoms with E-state index in [1.807, 2.05) is 0 Å². The molecule has 0 radical (unpaired) electrons. The molecule has 0 fully saturated rings. The maximum Gasteiger partial charge on any atom is 0.294 e. The molecule has 0 bridgehead atoms. The number of methoxy groups -OCH3 is 1. The van der Waals surface area contributed by atoms with Gasteiger partial charge in [-0.25, -0.2) is 0 Å². The van der Waals surface area contributed by atoms with Gasteiger partial charge in [0.2, 0.25) is 5.43 Å². The second-order valence-corrected chi connectivity index (χ2v) is 6.43. The number of ether oxygens (including phenoxy) is 2. The largest absolute Gasteiger partial charge is 0.507 e. The van der Waals surface area contributed by atoms with Crippen molar-refractivity contribution in [3.05, 3.63) is 50.7 Å². The van der Waals surface area contributed by atoms with E-state index < -0.39 is 5.09 Å². The Bertz CT molecular complexity index is 1080. The van der Waals surface area contributed by atoms with Gasteiger partial charge in [-0.15, -0.1) is 10.1 Å². The van der Waals surface area contributed by atoms with Gasteiger partial charge in [-0.1, -0.05) is 12.8 Å². The van der Waals surface area contributed by atoms with Gasteiger partial charge in [-0.3, -0.25) is 4.79 Å². The number of nitrogens with zero attached hydrogens (tertiary/aromatic N) is 1. The average Bonchev–Trinajstić information content (AvgIpc) is 2.69. The van der Waals surface area contributed by atoms with Crippen molar-refractivity contribution in [2.45, 2.75) is 25.7 Å². The standard InChI is InChI=1S/C20H21NO8/c1-26-13-6-7-17-15(10-13)20(23)19-16(22)11-14(12-18(19)29-17)27-8-4-2-3-5-9-28-21(24)25/h6-7,10-12,22H,2-5,8-9H2,1H3. The molecule has 9 nitrogen and oxygen atoms in total. The topological polar surface area (TPSA) is 121 Å². The summed E-state index contributed by atoms with van der Waals surface area (Å²) < 4.78 is 16.6. The van der Waals surface area contributed by atoms with Gasteiger partial charge in [0.05, 0.1) is 25.7 Å². The smallest absolute Gasteiger partial charge is 0.294 e. The Kier molecular flexibility index (Phi) is 6.38. The van der Waals surface area contributed by atoms with Gasteiger partial charge in [0.1, 0.15) is 33.8 Å². The van der Waals surface area contributed by atoms with Crippen LogP contribution in [0.1, 0.15) is 25.7 Å². The van der Waals surface area contributed by atoms with E-state index in [2.05, 4.69) is 4.84 Å². The van der Waals surface area contributed by atoms with Crippen molar-refractivity contribution in [3.63, 3.8) is 0 Å². The molecule has 1 N–H and O–H groups in total. The lowest BCUT2D eigenvalue weighted by Gasteiger charge is -2.09. The van der Waals surface area contributed by atoms with Gasteiger partial charge in [0, 0.05) is 12.1 Å². The fourth-order valence-electron chi connectivity index (χ4n) is 3.01. The molecule has 0 amide bonds. The van der Waals surface area contributed by atoms with E-state index in [1.165, 1.54) is 13.2 Å². The molecule has 1 heterocycles. The number of phenolic OH excluding ortho intramolecular Hbond substituents is 1. The summed E-state index contributed by atoms with van der Waals surface area (Å²) in [5, 5.41) is 20.0. The first-order chi connectivity index (χ1) is 14.0. The van der Waals surface area contributed by atoms with Crippen molar-refractivity contribution in [2.75, 3.05) is 20.3 Å². The first-order valence-corrected chi connectivity index (χ1v) is 9.17. The molecule has 9 heteroatoms. The van der Waals surface area contributed by atoms with Crippen LogP contribution in [0.2, 0.25) is 0 Å². The van der Waals surface area contributed by atoms with Gasteiger partial charge >= 0.3 is 0 Å². The second kappa shape index (κ2) is 9.13. The summed E-state index contributed by atoms with van der Waals surface area (Å²) in [5.74, 6) is 0.698. The van der Waals surface area contributed by atoms with Crippen LogP contribution in [0.3, 0.4) is 0 Å². The van der Waals surface area contributed by atoms with Crippen molar-refractivity contribution in [2.24, 2.45) is 0 Å². The molecule has 0 aliphatic heterocycles. The monoisotopic (exact) mass is 403 g/mol. The molecule has 154 valence electrons. The highest BCUT2D eigenvalue weighted by Crippen LogP contribution is 2.31. The van der Waals surface area contributed by atoms with Gasteiger partial charge in [-0.05, 0) is 31.0 Å². The Hall–Kier alpha value is -3.49. The zero-order valence-electron chi connectivity index (χ0n) is 15.9. The van der Waals surface area contributed by atoms with Crippen LogP contribution in [-0.4, -0.2) is 30.5 Å². The fourth-order valence-corrected chi connectivity index (χ4v) is 3.01. The highest BCUT2D eigenvalue weighted by atomic mass is 16.9. The Morgan fingerprint density at radius 2 is 1.79 bits per heavy atom. The number of hydrogen-bond donors (Lipinski definition) is 1. The number of fused-ring (bicyclic) bond motifs is 2. The van der Waals surface area contributed by atoms with Crippen LogP contribution in [0.25, 0.3) is 21.9 Å². The molecule has 0 saturated carbocycles. The van der Waals surface area contributed by atoms with E-state index in [-0.39, 0.29) is 28.8 Å². The highest BCUT2D eigenvalue weighted by Gasteiger charge is 2.14. The third-order valence-electron chi connectivity index (χ3n) is 4.44. The molecule has 0 aliphatic carbocycles. The summed E-state index contributed by atoms with van der Waals surface area (Å²) in [6.45, 7) is 0.487. The number of unbranched alkanes of at least 4 members (excludes halogenated alkanes) is 3. The highest BCUT2D eigenvalue weighted by molar-refractivity contribution is 5.94. The lowest BCUT2D eigenvalue weighted by Crippen LogP contribution is -2.04. The predicted molar refractivity (Wildman–Crippen MR) is 105 cm³/mol. The molecule has 29 heavy (non-hydrogen) atoms. The molecule has 0 spiro atoms. The molecule has 3 rings (SSSR count). The fraction of sp³-hybridized carbons (Fsp3) is 0.350. The van der Waals surface area contributed by atoms with Crippen molar-refractivity contribution in [3.8, 4) is 17.2 Å². The Labute approximate surface area is 165 Å². The summed E-state index contributed by atoms with van der Waals surface area (Å²) in [6, 6.07) is 7.86. The Morgan fingerprint density at radius 3 is 2.52 bits per heavy atom. The minimum absolute atomic E-state index is 0.0869. The van der Waals surface area contributed by atoms with Crippen LogP contribution < -0.4 is 14.9 Å². The van der Waals surface area contributed by atoms with Gasteiger partial charge in [0.15, 0.2) is 0 Å². The molecule has 0 unspecified atom stereocenters. The summed E-state index contributed by atoms with van der Waals surface area (Å²) >= 11 is 0. The third kappa shape index (κ3) is 4.87. The van der Waals surface area contributed by atoms with Crippen molar-refractivity contribution >= 4 is 21.9 Å². The molecule has 1 aromatic heterocycles. The van der Waals surface area contributed by atoms with E-state index in [9.17, 15) is 20.0 Å². The quantitative estimate of drug-likeness (QED) is 0.235. The third-order valence-corrected chi connectivity index (χ3v) is 4.44. The molecule has 2 aromatic carbocycles. The summed E-state index contributed by atoms with van der Waals surface area (Å²) in [4.78, 5) is 27.0.